The fourth-order valence-electron chi connectivity index (χ4n) is 1.57. The number of aromatic nitrogens is 2. The average Bonchev–Trinajstić information content (AvgIpc) is 2.42. The van der Waals surface area contributed by atoms with Crippen molar-refractivity contribution in [1.82, 2.24) is 9.97 Å². The first kappa shape index (κ1) is 13.1. The summed E-state index contributed by atoms with van der Waals surface area (Å²) < 4.78 is 5.53. The molecule has 0 bridgehead atoms. The molecule has 100 valence electrons. The molecule has 0 aliphatic rings. The first-order valence-corrected chi connectivity index (χ1v) is 6.28. The van der Waals surface area contributed by atoms with Crippen LogP contribution in [0.1, 0.15) is 18.9 Å². The van der Waals surface area contributed by atoms with Crippen LogP contribution in [0.5, 0.6) is 5.75 Å². The lowest BCUT2D eigenvalue weighted by Crippen LogP contribution is -2.02. The van der Waals surface area contributed by atoms with Crippen LogP contribution in [0.4, 0.5) is 17.5 Å². The third-order valence-corrected chi connectivity index (χ3v) is 2.58. The van der Waals surface area contributed by atoms with Crippen LogP contribution in [0.15, 0.2) is 30.5 Å². The summed E-state index contributed by atoms with van der Waals surface area (Å²) in [4.78, 5) is 8.10. The van der Waals surface area contributed by atoms with Gasteiger partial charge in [0, 0.05) is 17.4 Å². The van der Waals surface area contributed by atoms with Gasteiger partial charge < -0.3 is 15.8 Å². The minimum atomic E-state index is 0.260. The molecular weight excluding hydrogens is 240 g/mol. The molecule has 5 heteroatoms. The molecule has 0 unspecified atom stereocenters. The minimum Gasteiger partial charge on any atom is -0.494 e. The molecule has 0 aliphatic carbocycles. The van der Waals surface area contributed by atoms with Crippen molar-refractivity contribution in [2.75, 3.05) is 17.7 Å². The summed E-state index contributed by atoms with van der Waals surface area (Å²) >= 11 is 0. The molecule has 1 aromatic carbocycles. The number of benzene rings is 1. The van der Waals surface area contributed by atoms with Crippen LogP contribution in [-0.2, 0) is 0 Å². The number of nitrogen functional groups attached to an aromatic ring is 1. The normalized spacial score (nSPS) is 10.2. The van der Waals surface area contributed by atoms with Gasteiger partial charge in [-0.15, -0.1) is 0 Å². The highest BCUT2D eigenvalue weighted by Crippen LogP contribution is 2.21. The van der Waals surface area contributed by atoms with E-state index in [-0.39, 0.29) is 5.95 Å². The molecule has 2 rings (SSSR count). The van der Waals surface area contributed by atoms with Crippen molar-refractivity contribution < 1.29 is 4.74 Å². The van der Waals surface area contributed by atoms with Crippen molar-refractivity contribution in [3.8, 4) is 5.75 Å². The van der Waals surface area contributed by atoms with Gasteiger partial charge in [0.2, 0.25) is 5.95 Å². The fraction of sp³-hybridized carbons (Fsp3) is 0.286. The van der Waals surface area contributed by atoms with E-state index in [9.17, 15) is 0 Å². The number of nitrogens with one attached hydrogen (secondary N) is 1. The van der Waals surface area contributed by atoms with E-state index in [4.69, 9.17) is 10.5 Å². The molecule has 19 heavy (non-hydrogen) atoms. The summed E-state index contributed by atoms with van der Waals surface area (Å²) in [5.74, 6) is 1.84. The van der Waals surface area contributed by atoms with Crippen molar-refractivity contribution in [3.05, 3.63) is 36.0 Å². The molecular formula is C14H18N4O. The van der Waals surface area contributed by atoms with Gasteiger partial charge in [0.15, 0.2) is 0 Å². The Labute approximate surface area is 112 Å². The van der Waals surface area contributed by atoms with Gasteiger partial charge in [0.05, 0.1) is 6.61 Å². The summed E-state index contributed by atoms with van der Waals surface area (Å²) in [6, 6.07) is 7.75. The van der Waals surface area contributed by atoms with Crippen LogP contribution in [0.2, 0.25) is 0 Å². The molecule has 0 aliphatic heterocycles. The van der Waals surface area contributed by atoms with Gasteiger partial charge in [-0.3, -0.25) is 0 Å². The zero-order valence-electron chi connectivity index (χ0n) is 11.2. The molecule has 5 nitrogen and oxygen atoms in total. The average molecular weight is 258 g/mol. The SMILES string of the molecule is CCCOc1ccc(Nc2nc(N)ncc2C)cc1. The van der Waals surface area contributed by atoms with Crippen molar-refractivity contribution in [1.29, 1.82) is 0 Å². The second kappa shape index (κ2) is 6.04. The summed E-state index contributed by atoms with van der Waals surface area (Å²) in [5, 5.41) is 3.21. The van der Waals surface area contributed by atoms with E-state index in [1.54, 1.807) is 6.20 Å². The van der Waals surface area contributed by atoms with Gasteiger partial charge in [0.25, 0.3) is 0 Å². The van der Waals surface area contributed by atoms with Crippen LogP contribution in [0, 0.1) is 6.92 Å². The Hall–Kier alpha value is -2.30. The zero-order valence-corrected chi connectivity index (χ0v) is 11.2. The summed E-state index contributed by atoms with van der Waals surface area (Å²) in [6.07, 6.45) is 2.70. The molecule has 3 N–H and O–H groups in total. The highest BCUT2D eigenvalue weighted by Gasteiger charge is 2.02. The predicted octanol–water partition coefficient (Wildman–Crippen LogP) is 2.90. The Balaban J connectivity index is 2.08. The number of hydrogen-bond acceptors (Lipinski definition) is 5. The van der Waals surface area contributed by atoms with Gasteiger partial charge in [-0.25, -0.2) is 4.98 Å². The smallest absolute Gasteiger partial charge is 0.221 e. The van der Waals surface area contributed by atoms with Crippen LogP contribution >= 0.6 is 0 Å². The van der Waals surface area contributed by atoms with Gasteiger partial charge in [-0.2, -0.15) is 4.98 Å². The molecule has 0 saturated carbocycles. The van der Waals surface area contributed by atoms with E-state index >= 15 is 0 Å². The maximum Gasteiger partial charge on any atom is 0.221 e. The number of ether oxygens (including phenoxy) is 1. The lowest BCUT2D eigenvalue weighted by Gasteiger charge is -2.10. The molecule has 0 saturated heterocycles. The van der Waals surface area contributed by atoms with Crippen molar-refractivity contribution in [2.24, 2.45) is 0 Å². The number of anilines is 3. The summed E-state index contributed by atoms with van der Waals surface area (Å²) in [7, 11) is 0. The number of rotatable bonds is 5. The first-order chi connectivity index (χ1) is 9.19. The second-order valence-electron chi connectivity index (χ2n) is 4.26. The maximum absolute atomic E-state index is 5.58. The monoisotopic (exact) mass is 258 g/mol. The van der Waals surface area contributed by atoms with E-state index in [0.717, 1.165) is 35.8 Å². The number of hydrogen-bond donors (Lipinski definition) is 2. The van der Waals surface area contributed by atoms with Crippen LogP contribution in [-0.4, -0.2) is 16.6 Å². The molecule has 1 aromatic heterocycles. The number of nitrogens with two attached hydrogens (primary N) is 1. The third-order valence-electron chi connectivity index (χ3n) is 2.58. The van der Waals surface area contributed by atoms with E-state index in [0.29, 0.717) is 0 Å². The highest BCUT2D eigenvalue weighted by molar-refractivity contribution is 5.60. The van der Waals surface area contributed by atoms with E-state index in [1.807, 2.05) is 31.2 Å². The van der Waals surface area contributed by atoms with Gasteiger partial charge in [0.1, 0.15) is 11.6 Å². The van der Waals surface area contributed by atoms with Gasteiger partial charge >= 0.3 is 0 Å². The fourth-order valence-corrected chi connectivity index (χ4v) is 1.57. The molecule has 0 amide bonds. The second-order valence-corrected chi connectivity index (χ2v) is 4.26. The van der Waals surface area contributed by atoms with Gasteiger partial charge in [-0.1, -0.05) is 6.92 Å². The molecule has 2 aromatic rings. The third kappa shape index (κ3) is 3.58. The zero-order chi connectivity index (χ0) is 13.7. The lowest BCUT2D eigenvalue weighted by atomic mass is 10.3. The van der Waals surface area contributed by atoms with Crippen LogP contribution in [0.25, 0.3) is 0 Å². The number of nitrogens with zero attached hydrogens (tertiary/aromatic N) is 2. The highest BCUT2D eigenvalue weighted by atomic mass is 16.5. The van der Waals surface area contributed by atoms with Crippen molar-refractivity contribution in [2.45, 2.75) is 20.3 Å². The van der Waals surface area contributed by atoms with E-state index in [1.165, 1.54) is 0 Å². The Kier molecular flexibility index (Phi) is 4.18. The van der Waals surface area contributed by atoms with Crippen molar-refractivity contribution >= 4 is 17.5 Å². The Morgan fingerprint density at radius 3 is 2.68 bits per heavy atom. The molecule has 0 atom stereocenters. The molecule has 1 heterocycles. The van der Waals surface area contributed by atoms with E-state index in [2.05, 4.69) is 22.2 Å². The minimum absolute atomic E-state index is 0.260. The summed E-state index contributed by atoms with van der Waals surface area (Å²) in [5.41, 5.74) is 7.46. The maximum atomic E-state index is 5.58. The predicted molar refractivity (Wildman–Crippen MR) is 76.7 cm³/mol. The Morgan fingerprint density at radius 1 is 1.26 bits per heavy atom. The lowest BCUT2D eigenvalue weighted by molar-refractivity contribution is 0.317. The summed E-state index contributed by atoms with van der Waals surface area (Å²) in [6.45, 7) is 4.74. The molecule has 0 radical (unpaired) electrons. The Morgan fingerprint density at radius 2 is 2.00 bits per heavy atom. The number of aryl methyl sites for hydroxylation is 1. The van der Waals surface area contributed by atoms with Crippen molar-refractivity contribution in [3.63, 3.8) is 0 Å². The first-order valence-electron chi connectivity index (χ1n) is 6.28. The topological polar surface area (TPSA) is 73.1 Å². The molecule has 0 spiro atoms. The quantitative estimate of drug-likeness (QED) is 0.862. The van der Waals surface area contributed by atoms with Crippen LogP contribution in [0.3, 0.4) is 0 Å². The van der Waals surface area contributed by atoms with Crippen LogP contribution < -0.4 is 15.8 Å². The largest absolute Gasteiger partial charge is 0.494 e. The standard InChI is InChI=1S/C14H18N4O/c1-3-8-19-12-6-4-11(5-7-12)17-13-10(2)9-16-14(15)18-13/h4-7,9H,3,8H2,1-2H3,(H3,15,16,17,18). The molecule has 0 fully saturated rings. The van der Waals surface area contributed by atoms with Gasteiger partial charge in [-0.05, 0) is 37.6 Å². The Bertz CT molecular complexity index is 540. The van der Waals surface area contributed by atoms with E-state index < -0.39 is 0 Å².